The van der Waals surface area contributed by atoms with Crippen molar-refractivity contribution in [2.45, 2.75) is 10.1 Å². The molecule has 1 amide bonds. The van der Waals surface area contributed by atoms with Crippen LogP contribution in [-0.4, -0.2) is 47.5 Å². The maximum absolute atomic E-state index is 11.9. The lowest BCUT2D eigenvalue weighted by molar-refractivity contribution is -0.116. The number of thiazole rings is 1. The Kier molecular flexibility index (Phi) is 6.10. The molecule has 0 aliphatic carbocycles. The van der Waals surface area contributed by atoms with Crippen LogP contribution in [-0.2, 0) is 10.5 Å². The fourth-order valence-electron chi connectivity index (χ4n) is 2.42. The normalized spacial score (nSPS) is 11.1. The predicted molar refractivity (Wildman–Crippen MR) is 110 cm³/mol. The van der Waals surface area contributed by atoms with E-state index in [2.05, 4.69) is 10.3 Å². The lowest BCUT2D eigenvalue weighted by Gasteiger charge is -2.09. The Labute approximate surface area is 165 Å². The molecule has 6 nitrogen and oxygen atoms in total. The maximum atomic E-state index is 11.9. The highest BCUT2D eigenvalue weighted by atomic mass is 32.2. The second-order valence-electron chi connectivity index (χ2n) is 6.24. The number of amides is 1. The molecule has 3 aromatic rings. The number of carbonyl (C=O) groups excluding carboxylic acids is 1. The van der Waals surface area contributed by atoms with Crippen molar-refractivity contribution in [2.24, 2.45) is 0 Å². The number of benzene rings is 2. The Morgan fingerprint density at radius 3 is 2.59 bits per heavy atom. The number of carboxylic acid groups (broad SMARTS) is 1. The molecule has 0 atom stereocenters. The maximum Gasteiger partial charge on any atom is 0.335 e. The Morgan fingerprint density at radius 1 is 1.19 bits per heavy atom. The molecule has 0 unspecified atom stereocenters. The third kappa shape index (κ3) is 5.29. The van der Waals surface area contributed by atoms with E-state index < -0.39 is 5.97 Å². The van der Waals surface area contributed by atoms with Crippen LogP contribution in [0.15, 0.2) is 46.8 Å². The lowest BCUT2D eigenvalue weighted by atomic mass is 10.1. The summed E-state index contributed by atoms with van der Waals surface area (Å²) in [6.07, 6.45) is 0. The third-order valence-corrected chi connectivity index (χ3v) is 5.91. The monoisotopic (exact) mass is 401 g/mol. The minimum atomic E-state index is -0.922. The molecule has 0 aliphatic rings. The third-order valence-electron chi connectivity index (χ3n) is 3.68. The van der Waals surface area contributed by atoms with Gasteiger partial charge < -0.3 is 15.3 Å². The number of rotatable bonds is 7. The summed E-state index contributed by atoms with van der Waals surface area (Å²) in [4.78, 5) is 29.2. The van der Waals surface area contributed by atoms with E-state index in [0.29, 0.717) is 12.3 Å². The van der Waals surface area contributed by atoms with Crippen molar-refractivity contribution in [1.82, 2.24) is 9.88 Å². The van der Waals surface area contributed by atoms with Crippen molar-refractivity contribution in [1.29, 1.82) is 0 Å². The predicted octanol–water partition coefficient (Wildman–Crippen LogP) is 3.79. The highest BCUT2D eigenvalue weighted by Crippen LogP contribution is 2.33. The zero-order valence-corrected chi connectivity index (χ0v) is 16.6. The van der Waals surface area contributed by atoms with Crippen LogP contribution < -0.4 is 5.32 Å². The number of carboxylic acids is 1. The minimum Gasteiger partial charge on any atom is -0.478 e. The van der Waals surface area contributed by atoms with E-state index in [1.807, 2.05) is 49.3 Å². The van der Waals surface area contributed by atoms with Gasteiger partial charge in [0, 0.05) is 11.4 Å². The van der Waals surface area contributed by atoms with E-state index in [1.54, 1.807) is 35.2 Å². The van der Waals surface area contributed by atoms with Crippen molar-refractivity contribution in [2.75, 3.05) is 26.0 Å². The van der Waals surface area contributed by atoms with Gasteiger partial charge in [0.25, 0.3) is 0 Å². The van der Waals surface area contributed by atoms with Crippen molar-refractivity contribution < 1.29 is 14.7 Å². The number of fused-ring (bicyclic) bond motifs is 1. The van der Waals surface area contributed by atoms with Crippen molar-refractivity contribution in [3.8, 4) is 0 Å². The summed E-state index contributed by atoms with van der Waals surface area (Å²) in [7, 11) is 3.70. The van der Waals surface area contributed by atoms with Gasteiger partial charge in [-0.25, -0.2) is 9.78 Å². The standard InChI is InChI=1S/C19H19N3O3S2/c1-22(2)10-17(23)20-14-7-8-15-16(9-14)27-19(21-15)26-11-12-3-5-13(6-4-12)18(24)25/h3-9H,10-11H2,1-2H3,(H,20,23)(H,24,25). The van der Waals surface area contributed by atoms with Gasteiger partial charge in [-0.05, 0) is 50.0 Å². The number of hydrogen-bond acceptors (Lipinski definition) is 6. The van der Waals surface area contributed by atoms with Gasteiger partial charge in [-0.2, -0.15) is 0 Å². The molecule has 0 aliphatic heterocycles. The van der Waals surface area contributed by atoms with Crippen LogP contribution in [0.25, 0.3) is 10.2 Å². The number of aromatic carboxylic acids is 1. The molecule has 0 bridgehead atoms. The van der Waals surface area contributed by atoms with Gasteiger partial charge in [0.15, 0.2) is 4.34 Å². The van der Waals surface area contributed by atoms with Gasteiger partial charge in [-0.3, -0.25) is 4.79 Å². The molecule has 0 saturated heterocycles. The van der Waals surface area contributed by atoms with E-state index in [0.717, 1.165) is 25.8 Å². The summed E-state index contributed by atoms with van der Waals surface area (Å²) >= 11 is 3.18. The molecule has 2 aromatic carbocycles. The largest absolute Gasteiger partial charge is 0.478 e. The average molecular weight is 402 g/mol. The van der Waals surface area contributed by atoms with Gasteiger partial charge in [0.2, 0.25) is 5.91 Å². The van der Waals surface area contributed by atoms with Crippen LogP contribution in [0.5, 0.6) is 0 Å². The van der Waals surface area contributed by atoms with Gasteiger partial charge in [-0.15, -0.1) is 11.3 Å². The Hall–Kier alpha value is -2.42. The molecule has 2 N–H and O–H groups in total. The average Bonchev–Trinajstić information content (AvgIpc) is 3.01. The molecule has 140 valence electrons. The summed E-state index contributed by atoms with van der Waals surface area (Å²) in [5.74, 6) is -0.260. The van der Waals surface area contributed by atoms with Gasteiger partial charge >= 0.3 is 5.97 Å². The summed E-state index contributed by atoms with van der Waals surface area (Å²) < 4.78 is 1.95. The number of likely N-dealkylation sites (N-methyl/N-ethyl adjacent to an activating group) is 1. The SMILES string of the molecule is CN(C)CC(=O)Nc1ccc2nc(SCc3ccc(C(=O)O)cc3)sc2c1. The summed E-state index contributed by atoms with van der Waals surface area (Å²) in [5.41, 5.74) is 2.99. The number of thioether (sulfide) groups is 1. The number of carbonyl (C=O) groups is 2. The smallest absolute Gasteiger partial charge is 0.335 e. The van der Waals surface area contributed by atoms with Gasteiger partial charge in [-0.1, -0.05) is 23.9 Å². The molecule has 0 radical (unpaired) electrons. The summed E-state index contributed by atoms with van der Waals surface area (Å²) in [6, 6.07) is 12.6. The Morgan fingerprint density at radius 2 is 1.93 bits per heavy atom. The van der Waals surface area contributed by atoms with Gasteiger partial charge in [0.1, 0.15) is 0 Å². The first-order valence-corrected chi connectivity index (χ1v) is 10.0. The molecule has 27 heavy (non-hydrogen) atoms. The topological polar surface area (TPSA) is 82.5 Å². The highest BCUT2D eigenvalue weighted by molar-refractivity contribution is 8.00. The number of hydrogen-bond donors (Lipinski definition) is 2. The highest BCUT2D eigenvalue weighted by Gasteiger charge is 2.09. The van der Waals surface area contributed by atoms with E-state index in [4.69, 9.17) is 5.11 Å². The first kappa shape index (κ1) is 19.3. The second-order valence-corrected chi connectivity index (χ2v) is 8.49. The van der Waals surface area contributed by atoms with E-state index in [1.165, 1.54) is 0 Å². The molecule has 0 spiro atoms. The zero-order chi connectivity index (χ0) is 19.4. The molecule has 8 heteroatoms. The minimum absolute atomic E-state index is 0.0525. The van der Waals surface area contributed by atoms with Gasteiger partial charge in [0.05, 0.1) is 22.3 Å². The van der Waals surface area contributed by atoms with E-state index >= 15 is 0 Å². The fourth-order valence-corrected chi connectivity index (χ4v) is 4.48. The molecular weight excluding hydrogens is 382 g/mol. The van der Waals surface area contributed by atoms with Crippen LogP contribution in [0.1, 0.15) is 15.9 Å². The molecule has 1 aromatic heterocycles. The fraction of sp³-hybridized carbons (Fsp3) is 0.211. The van der Waals surface area contributed by atoms with E-state index in [9.17, 15) is 9.59 Å². The molecule has 0 fully saturated rings. The molecular formula is C19H19N3O3S2. The first-order chi connectivity index (χ1) is 12.9. The number of nitrogens with one attached hydrogen (secondary N) is 1. The zero-order valence-electron chi connectivity index (χ0n) is 14.9. The molecule has 1 heterocycles. The van der Waals surface area contributed by atoms with Crippen molar-refractivity contribution in [3.05, 3.63) is 53.6 Å². The van der Waals surface area contributed by atoms with Crippen molar-refractivity contribution in [3.63, 3.8) is 0 Å². The second kappa shape index (κ2) is 8.51. The van der Waals surface area contributed by atoms with Crippen LogP contribution >= 0.6 is 23.1 Å². The first-order valence-electron chi connectivity index (χ1n) is 8.21. The Balaban J connectivity index is 1.65. The number of nitrogens with zero attached hydrogens (tertiary/aromatic N) is 2. The van der Waals surface area contributed by atoms with E-state index in [-0.39, 0.29) is 11.5 Å². The van der Waals surface area contributed by atoms with Crippen LogP contribution in [0.4, 0.5) is 5.69 Å². The number of aromatic nitrogens is 1. The van der Waals surface area contributed by atoms with Crippen LogP contribution in [0, 0.1) is 0 Å². The number of anilines is 1. The van der Waals surface area contributed by atoms with Crippen molar-refractivity contribution >= 4 is 50.9 Å². The van der Waals surface area contributed by atoms with Crippen LogP contribution in [0.2, 0.25) is 0 Å². The van der Waals surface area contributed by atoms with Crippen LogP contribution in [0.3, 0.4) is 0 Å². The molecule has 0 saturated carbocycles. The summed E-state index contributed by atoms with van der Waals surface area (Å²) in [6.45, 7) is 0.336. The quantitative estimate of drug-likeness (QED) is 0.586. The Bertz CT molecular complexity index is 968. The summed E-state index contributed by atoms with van der Waals surface area (Å²) in [5, 5.41) is 11.8. The molecule has 3 rings (SSSR count). The lowest BCUT2D eigenvalue weighted by Crippen LogP contribution is -2.26.